The van der Waals surface area contributed by atoms with Crippen LogP contribution in [0.3, 0.4) is 0 Å². The fourth-order valence-corrected chi connectivity index (χ4v) is 0.831. The van der Waals surface area contributed by atoms with Crippen LogP contribution in [0.5, 0.6) is 0 Å². The van der Waals surface area contributed by atoms with Crippen LogP contribution >= 0.6 is 0 Å². The predicted octanol–water partition coefficient (Wildman–Crippen LogP) is 2.59. The van der Waals surface area contributed by atoms with E-state index in [0.717, 1.165) is 0 Å². The minimum absolute atomic E-state index is 0.0592. The molecule has 0 aliphatic heterocycles. The Morgan fingerprint density at radius 2 is 1.92 bits per heavy atom. The molecular weight excluding hydrogens is 168 g/mol. The van der Waals surface area contributed by atoms with E-state index in [1.54, 1.807) is 0 Å². The van der Waals surface area contributed by atoms with Gasteiger partial charge in [-0.15, -0.1) is 0 Å². The van der Waals surface area contributed by atoms with Crippen molar-refractivity contribution in [2.45, 2.75) is 34.1 Å². The standard InChI is InChI=1S/C10H18O3/c1-7(10(2,3)4)5-8(6-11)9(12)13/h6-7,11H,5H2,1-4H3,(H,12,13). The van der Waals surface area contributed by atoms with Gasteiger partial charge in [0.25, 0.3) is 0 Å². The topological polar surface area (TPSA) is 57.5 Å². The molecule has 1 atom stereocenters. The lowest BCUT2D eigenvalue weighted by atomic mass is 9.78. The third-order valence-electron chi connectivity index (χ3n) is 2.44. The molecule has 0 rings (SSSR count). The maximum atomic E-state index is 10.6. The van der Waals surface area contributed by atoms with E-state index in [2.05, 4.69) is 20.8 Å². The summed E-state index contributed by atoms with van der Waals surface area (Å²) in [6.45, 7) is 8.13. The Hall–Kier alpha value is -0.990. The molecule has 3 heteroatoms. The third kappa shape index (κ3) is 3.97. The van der Waals surface area contributed by atoms with E-state index < -0.39 is 5.97 Å². The van der Waals surface area contributed by atoms with Crippen molar-refractivity contribution >= 4 is 5.97 Å². The highest BCUT2D eigenvalue weighted by Crippen LogP contribution is 2.30. The molecule has 2 N–H and O–H groups in total. The number of aliphatic hydroxyl groups excluding tert-OH is 1. The Labute approximate surface area is 79.1 Å². The van der Waals surface area contributed by atoms with Crippen molar-refractivity contribution < 1.29 is 15.0 Å². The van der Waals surface area contributed by atoms with Crippen molar-refractivity contribution in [1.29, 1.82) is 0 Å². The highest BCUT2D eigenvalue weighted by atomic mass is 16.4. The van der Waals surface area contributed by atoms with Gasteiger partial charge >= 0.3 is 5.97 Å². The molecule has 0 aromatic carbocycles. The van der Waals surface area contributed by atoms with E-state index in [0.29, 0.717) is 12.7 Å². The molecule has 0 amide bonds. The molecule has 0 aromatic rings. The van der Waals surface area contributed by atoms with Crippen LogP contribution in [0, 0.1) is 11.3 Å². The lowest BCUT2D eigenvalue weighted by Crippen LogP contribution is -2.19. The molecule has 0 aliphatic carbocycles. The zero-order chi connectivity index (χ0) is 10.6. The second kappa shape index (κ2) is 4.30. The first-order valence-electron chi connectivity index (χ1n) is 4.35. The van der Waals surface area contributed by atoms with Crippen LogP contribution in [-0.4, -0.2) is 16.2 Å². The molecule has 76 valence electrons. The van der Waals surface area contributed by atoms with Gasteiger partial charge in [-0.05, 0) is 17.8 Å². The highest BCUT2D eigenvalue weighted by molar-refractivity contribution is 5.86. The van der Waals surface area contributed by atoms with E-state index in [9.17, 15) is 4.79 Å². The summed E-state index contributed by atoms with van der Waals surface area (Å²) in [5.74, 6) is -0.819. The summed E-state index contributed by atoms with van der Waals surface area (Å²) in [6.07, 6.45) is 1.08. The molecule has 0 saturated heterocycles. The van der Waals surface area contributed by atoms with Crippen LogP contribution in [0.25, 0.3) is 0 Å². The molecular formula is C10H18O3. The van der Waals surface area contributed by atoms with E-state index in [-0.39, 0.29) is 16.9 Å². The van der Waals surface area contributed by atoms with Crippen LogP contribution in [0.2, 0.25) is 0 Å². The number of rotatable bonds is 3. The van der Waals surface area contributed by atoms with Crippen molar-refractivity contribution in [3.05, 3.63) is 11.8 Å². The van der Waals surface area contributed by atoms with Gasteiger partial charge in [-0.3, -0.25) is 0 Å². The molecule has 0 aromatic heterocycles. The van der Waals surface area contributed by atoms with Crippen molar-refractivity contribution in [2.75, 3.05) is 0 Å². The number of carbonyl (C=O) groups is 1. The average molecular weight is 186 g/mol. The Morgan fingerprint density at radius 1 is 1.46 bits per heavy atom. The minimum Gasteiger partial charge on any atom is -0.515 e. The largest absolute Gasteiger partial charge is 0.515 e. The summed E-state index contributed by atoms with van der Waals surface area (Å²) in [6, 6.07) is 0. The van der Waals surface area contributed by atoms with Crippen molar-refractivity contribution in [3.8, 4) is 0 Å². The number of carboxylic acids is 1. The number of hydrogen-bond donors (Lipinski definition) is 2. The third-order valence-corrected chi connectivity index (χ3v) is 2.44. The molecule has 0 bridgehead atoms. The van der Waals surface area contributed by atoms with Crippen molar-refractivity contribution in [1.82, 2.24) is 0 Å². The first kappa shape index (κ1) is 12.0. The van der Waals surface area contributed by atoms with Gasteiger partial charge in [0.05, 0.1) is 11.8 Å². The summed E-state index contributed by atoms with van der Waals surface area (Å²) < 4.78 is 0. The minimum atomic E-state index is -1.04. The second-order valence-corrected chi connectivity index (χ2v) is 4.43. The predicted molar refractivity (Wildman–Crippen MR) is 51.6 cm³/mol. The monoisotopic (exact) mass is 186 g/mol. The van der Waals surface area contributed by atoms with Gasteiger partial charge in [-0.25, -0.2) is 4.79 Å². The highest BCUT2D eigenvalue weighted by Gasteiger charge is 2.23. The van der Waals surface area contributed by atoms with Gasteiger partial charge in [-0.2, -0.15) is 0 Å². The number of aliphatic hydroxyl groups is 1. The summed E-state index contributed by atoms with van der Waals surface area (Å²) in [5, 5.41) is 17.3. The van der Waals surface area contributed by atoms with Crippen LogP contribution in [0.1, 0.15) is 34.1 Å². The molecule has 0 saturated carbocycles. The lowest BCUT2D eigenvalue weighted by molar-refractivity contribution is -0.133. The summed E-state index contributed by atoms with van der Waals surface area (Å²) in [7, 11) is 0. The normalized spacial score (nSPS) is 15.5. The van der Waals surface area contributed by atoms with Crippen molar-refractivity contribution in [3.63, 3.8) is 0 Å². The van der Waals surface area contributed by atoms with Gasteiger partial charge in [0, 0.05) is 0 Å². The Kier molecular flexibility index (Phi) is 3.98. The fourth-order valence-electron chi connectivity index (χ4n) is 0.831. The maximum absolute atomic E-state index is 10.6. The second-order valence-electron chi connectivity index (χ2n) is 4.43. The maximum Gasteiger partial charge on any atom is 0.334 e. The first-order chi connectivity index (χ1) is 5.79. The van der Waals surface area contributed by atoms with Gasteiger partial charge in [0.2, 0.25) is 0 Å². The summed E-state index contributed by atoms with van der Waals surface area (Å²) in [5.41, 5.74) is 0.131. The van der Waals surface area contributed by atoms with E-state index in [4.69, 9.17) is 10.2 Å². The molecule has 0 spiro atoms. The number of carboxylic acid groups (broad SMARTS) is 1. The Balaban J connectivity index is 4.36. The van der Waals surface area contributed by atoms with Crippen LogP contribution < -0.4 is 0 Å². The lowest BCUT2D eigenvalue weighted by Gasteiger charge is -2.27. The smallest absolute Gasteiger partial charge is 0.334 e. The molecule has 13 heavy (non-hydrogen) atoms. The number of hydrogen-bond acceptors (Lipinski definition) is 2. The Bertz CT molecular complexity index is 211. The van der Waals surface area contributed by atoms with Crippen LogP contribution in [0.15, 0.2) is 11.8 Å². The molecule has 0 heterocycles. The van der Waals surface area contributed by atoms with Crippen molar-refractivity contribution in [2.24, 2.45) is 11.3 Å². The number of aliphatic carboxylic acids is 1. The first-order valence-corrected chi connectivity index (χ1v) is 4.35. The molecule has 1 unspecified atom stereocenters. The van der Waals surface area contributed by atoms with Gasteiger partial charge in [0.1, 0.15) is 0 Å². The zero-order valence-electron chi connectivity index (χ0n) is 8.66. The van der Waals surface area contributed by atoms with E-state index in [1.165, 1.54) is 0 Å². The van der Waals surface area contributed by atoms with E-state index >= 15 is 0 Å². The summed E-state index contributed by atoms with van der Waals surface area (Å²) >= 11 is 0. The SMILES string of the molecule is CC(CC(=CO)C(=O)O)C(C)(C)C. The van der Waals surface area contributed by atoms with E-state index in [1.807, 2.05) is 6.92 Å². The fraction of sp³-hybridized carbons (Fsp3) is 0.700. The van der Waals surface area contributed by atoms with Gasteiger partial charge in [0.15, 0.2) is 0 Å². The van der Waals surface area contributed by atoms with Gasteiger partial charge in [-0.1, -0.05) is 27.7 Å². The van der Waals surface area contributed by atoms with Gasteiger partial charge < -0.3 is 10.2 Å². The van der Waals surface area contributed by atoms with Crippen LogP contribution in [0.4, 0.5) is 0 Å². The Morgan fingerprint density at radius 3 is 2.15 bits per heavy atom. The zero-order valence-corrected chi connectivity index (χ0v) is 8.66. The molecule has 0 fully saturated rings. The molecule has 0 aliphatic rings. The quantitative estimate of drug-likeness (QED) is 0.526. The molecule has 0 radical (unpaired) electrons. The average Bonchev–Trinajstić information content (AvgIpc) is 1.96. The molecule has 3 nitrogen and oxygen atoms in total. The van der Waals surface area contributed by atoms with Crippen LogP contribution in [-0.2, 0) is 4.79 Å². The summed E-state index contributed by atoms with van der Waals surface area (Å²) in [4.78, 5) is 10.6.